The predicted molar refractivity (Wildman–Crippen MR) is 114 cm³/mol. The maximum Gasteiger partial charge on any atom is 0.258 e. The number of hydrogen-bond donors (Lipinski definition) is 1. The number of hydrogen-bond acceptors (Lipinski definition) is 6. The van der Waals surface area contributed by atoms with Crippen LogP contribution in [0.15, 0.2) is 58.6 Å². The summed E-state index contributed by atoms with van der Waals surface area (Å²) in [4.78, 5) is 9.19. The minimum atomic E-state index is 0.0102. The lowest BCUT2D eigenvalue weighted by Gasteiger charge is -2.39. The molecular formula is C23H22N4OS. The molecule has 0 unspecified atom stereocenters. The predicted octanol–water partition coefficient (Wildman–Crippen LogP) is 4.91. The van der Waals surface area contributed by atoms with Crippen molar-refractivity contribution in [2.45, 2.75) is 43.1 Å². The zero-order valence-electron chi connectivity index (χ0n) is 16.0. The van der Waals surface area contributed by atoms with E-state index < -0.39 is 0 Å². The summed E-state index contributed by atoms with van der Waals surface area (Å²) in [6, 6.07) is 17.5. The molecule has 2 atom stereocenters. The van der Waals surface area contributed by atoms with Crippen molar-refractivity contribution in [2.24, 2.45) is 0 Å². The van der Waals surface area contributed by atoms with Crippen molar-refractivity contribution >= 4 is 21.6 Å². The highest BCUT2D eigenvalue weighted by atomic mass is 32.1. The molecule has 2 aliphatic rings. The minimum Gasteiger partial charge on any atom is -0.334 e. The fourth-order valence-corrected chi connectivity index (χ4v) is 5.10. The summed E-state index contributed by atoms with van der Waals surface area (Å²) in [7, 11) is 0. The molecule has 2 aromatic heterocycles. The molecule has 4 aromatic rings. The quantitative estimate of drug-likeness (QED) is 0.496. The van der Waals surface area contributed by atoms with Crippen molar-refractivity contribution in [3.8, 4) is 11.5 Å². The van der Waals surface area contributed by atoms with Gasteiger partial charge in [-0.2, -0.15) is 4.98 Å². The van der Waals surface area contributed by atoms with Gasteiger partial charge in [-0.3, -0.25) is 0 Å². The molecule has 29 heavy (non-hydrogen) atoms. The number of rotatable bonds is 6. The summed E-state index contributed by atoms with van der Waals surface area (Å²) in [6.07, 6.45) is 4.67. The van der Waals surface area contributed by atoms with Crippen LogP contribution in [0, 0.1) is 0 Å². The Morgan fingerprint density at radius 3 is 2.86 bits per heavy atom. The van der Waals surface area contributed by atoms with Gasteiger partial charge in [-0.1, -0.05) is 41.9 Å². The van der Waals surface area contributed by atoms with Gasteiger partial charge in [0.1, 0.15) is 0 Å². The molecule has 6 heteroatoms. The lowest BCUT2D eigenvalue weighted by atomic mass is 9.68. The van der Waals surface area contributed by atoms with Crippen LogP contribution in [-0.2, 0) is 5.41 Å². The third kappa shape index (κ3) is 3.07. The van der Waals surface area contributed by atoms with Crippen LogP contribution in [0.2, 0.25) is 0 Å². The highest BCUT2D eigenvalue weighted by Gasteiger charge is 2.46. The van der Waals surface area contributed by atoms with Crippen LogP contribution in [0.3, 0.4) is 0 Å². The monoisotopic (exact) mass is 402 g/mol. The molecule has 2 heterocycles. The van der Waals surface area contributed by atoms with Crippen molar-refractivity contribution in [3.63, 3.8) is 0 Å². The van der Waals surface area contributed by atoms with Crippen molar-refractivity contribution in [2.75, 3.05) is 6.54 Å². The Kier molecular flexibility index (Phi) is 4.03. The average Bonchev–Trinajstić information content (AvgIpc) is 3.11. The number of benzene rings is 2. The molecular weight excluding hydrogens is 380 g/mol. The first-order chi connectivity index (χ1) is 14.3. The molecule has 0 radical (unpaired) electrons. The molecule has 146 valence electrons. The van der Waals surface area contributed by atoms with Crippen molar-refractivity contribution < 1.29 is 4.52 Å². The number of fused-ring (bicyclic) bond motifs is 1. The second kappa shape index (κ2) is 6.75. The van der Waals surface area contributed by atoms with E-state index in [2.05, 4.69) is 51.9 Å². The van der Waals surface area contributed by atoms with Gasteiger partial charge in [0.15, 0.2) is 5.82 Å². The van der Waals surface area contributed by atoms with E-state index in [0.717, 1.165) is 36.3 Å². The largest absolute Gasteiger partial charge is 0.334 e. The van der Waals surface area contributed by atoms with Crippen LogP contribution in [0.5, 0.6) is 0 Å². The van der Waals surface area contributed by atoms with E-state index in [9.17, 15) is 0 Å². The number of nitrogens with zero attached hydrogens (tertiary/aromatic N) is 3. The Hall–Kier alpha value is -2.57. The van der Waals surface area contributed by atoms with Crippen LogP contribution < -0.4 is 5.32 Å². The first-order valence-electron chi connectivity index (χ1n) is 10.3. The van der Waals surface area contributed by atoms with Crippen LogP contribution in [0.4, 0.5) is 0 Å². The van der Waals surface area contributed by atoms with Crippen LogP contribution >= 0.6 is 11.3 Å². The maximum atomic E-state index is 5.66. The Morgan fingerprint density at radius 1 is 1.14 bits per heavy atom. The van der Waals surface area contributed by atoms with E-state index in [1.54, 1.807) is 11.3 Å². The van der Waals surface area contributed by atoms with Gasteiger partial charge in [-0.05, 0) is 43.0 Å². The van der Waals surface area contributed by atoms with Gasteiger partial charge in [0, 0.05) is 29.5 Å². The summed E-state index contributed by atoms with van der Waals surface area (Å²) >= 11 is 1.64. The molecule has 2 fully saturated rings. The van der Waals surface area contributed by atoms with Gasteiger partial charge in [-0.25, -0.2) is 4.98 Å². The SMILES string of the molecule is c1ccc([C@H]2C[C@@H]2NCC2(c3noc(-c4ccc5scnc5c4)n3)CCC2)cc1. The lowest BCUT2D eigenvalue weighted by molar-refractivity contribution is 0.211. The normalized spacial score (nSPS) is 22.5. The Labute approximate surface area is 173 Å². The second-order valence-corrected chi connectivity index (χ2v) is 9.22. The summed E-state index contributed by atoms with van der Waals surface area (Å²) in [5.74, 6) is 2.08. The van der Waals surface area contributed by atoms with E-state index in [4.69, 9.17) is 9.51 Å². The molecule has 1 N–H and O–H groups in total. The van der Waals surface area contributed by atoms with Gasteiger partial charge >= 0.3 is 0 Å². The van der Waals surface area contributed by atoms with Gasteiger partial charge in [0.05, 0.1) is 15.7 Å². The molecule has 0 aliphatic heterocycles. The van der Waals surface area contributed by atoms with Crippen LogP contribution in [0.25, 0.3) is 21.7 Å². The first kappa shape index (κ1) is 17.3. The third-order valence-corrected chi connectivity index (χ3v) is 7.32. The van der Waals surface area contributed by atoms with Crippen molar-refractivity contribution in [1.82, 2.24) is 20.4 Å². The highest BCUT2D eigenvalue weighted by molar-refractivity contribution is 7.16. The number of thiazole rings is 1. The zero-order valence-corrected chi connectivity index (χ0v) is 16.9. The smallest absolute Gasteiger partial charge is 0.258 e. The number of nitrogens with one attached hydrogen (secondary N) is 1. The summed E-state index contributed by atoms with van der Waals surface area (Å²) < 4.78 is 6.83. The lowest BCUT2D eigenvalue weighted by Crippen LogP contribution is -2.45. The molecule has 2 saturated carbocycles. The standard InChI is InChI=1S/C23H22N4OS/c1-2-5-15(6-3-1)17-12-18(17)24-13-23(9-4-10-23)22-26-21(28-27-22)16-7-8-20-19(11-16)25-14-29-20/h1-3,5-8,11,14,17-18,24H,4,9-10,12-13H2/t17-,18+/m1/s1. The minimum absolute atomic E-state index is 0.0102. The first-order valence-corrected chi connectivity index (χ1v) is 11.1. The Morgan fingerprint density at radius 2 is 2.03 bits per heavy atom. The topological polar surface area (TPSA) is 63.8 Å². The zero-order chi connectivity index (χ0) is 19.3. The van der Waals surface area contributed by atoms with E-state index in [1.807, 2.05) is 17.6 Å². The molecule has 0 saturated heterocycles. The molecule has 0 amide bonds. The highest BCUT2D eigenvalue weighted by Crippen LogP contribution is 2.45. The van der Waals surface area contributed by atoms with Crippen LogP contribution in [0.1, 0.15) is 43.0 Å². The fourth-order valence-electron chi connectivity index (χ4n) is 4.45. The van der Waals surface area contributed by atoms with Gasteiger partial charge < -0.3 is 9.84 Å². The number of aromatic nitrogens is 3. The van der Waals surface area contributed by atoms with Crippen molar-refractivity contribution in [1.29, 1.82) is 0 Å². The average molecular weight is 403 g/mol. The van der Waals surface area contributed by atoms with Gasteiger partial charge in [0.2, 0.25) is 0 Å². The van der Waals surface area contributed by atoms with E-state index >= 15 is 0 Å². The second-order valence-electron chi connectivity index (χ2n) is 8.33. The summed E-state index contributed by atoms with van der Waals surface area (Å²) in [5.41, 5.74) is 5.23. The molecule has 0 bridgehead atoms. The fraction of sp³-hybridized carbons (Fsp3) is 0.348. The molecule has 5 nitrogen and oxygen atoms in total. The summed E-state index contributed by atoms with van der Waals surface area (Å²) in [6.45, 7) is 0.922. The van der Waals surface area contributed by atoms with E-state index in [-0.39, 0.29) is 5.41 Å². The molecule has 0 spiro atoms. The molecule has 2 aliphatic carbocycles. The molecule has 2 aromatic carbocycles. The third-order valence-electron chi connectivity index (χ3n) is 6.51. The van der Waals surface area contributed by atoms with Gasteiger partial charge in [-0.15, -0.1) is 11.3 Å². The van der Waals surface area contributed by atoms with E-state index in [1.165, 1.54) is 23.1 Å². The Balaban J connectivity index is 1.18. The summed E-state index contributed by atoms with van der Waals surface area (Å²) in [5, 5.41) is 8.17. The van der Waals surface area contributed by atoms with Gasteiger partial charge in [0.25, 0.3) is 5.89 Å². The van der Waals surface area contributed by atoms with E-state index in [0.29, 0.717) is 17.9 Å². The van der Waals surface area contributed by atoms with Crippen LogP contribution in [-0.4, -0.2) is 27.7 Å². The Bertz CT molecular complexity index is 1150. The molecule has 6 rings (SSSR count). The maximum absolute atomic E-state index is 5.66. The van der Waals surface area contributed by atoms with Crippen molar-refractivity contribution in [3.05, 3.63) is 65.4 Å².